The standard InChI is InChI=1S/C73H84N4O4S10/c1-6-10-14-18-22-26-30-46-38-50(42-60-68(78)76-72(82)90-60)84-64(46)56-34-36-58(86-56)66-48(32-28-24-20-16-12-8-3)40-61(88-66)69-74-52-44-55-53(45-54(52)80-69)75-70(81-55)62-41-49(33-29-25-21-17-13-9-4)67(89-62)59-37-35-57(87-59)65-47(31-27-23-19-15-11-7-2)39-51(85-65)43-63-71(79)77(5)73(83)91-63/h34-45H,6-33H2,1-5H3,(H,76,78,82)/b60-42-,63-43-. The number of hydrogen-bond donors (Lipinski definition) is 1. The number of carbonyl (C=O) groups is 2. The molecule has 2 amide bonds. The number of hydrogen-bond acceptors (Lipinski definition) is 16. The second-order valence-corrected chi connectivity index (χ2v) is 34.1. The van der Waals surface area contributed by atoms with Gasteiger partial charge in [0.2, 0.25) is 11.8 Å². The Hall–Kier alpha value is -4.34. The van der Waals surface area contributed by atoms with Crippen LogP contribution < -0.4 is 5.32 Å². The van der Waals surface area contributed by atoms with E-state index in [1.807, 2.05) is 47.0 Å². The van der Waals surface area contributed by atoms with Crippen molar-refractivity contribution in [3.63, 3.8) is 0 Å². The number of unbranched alkanes of at least 4 members (excludes halogenated alkanes) is 20. The van der Waals surface area contributed by atoms with Gasteiger partial charge in [0.1, 0.15) is 19.7 Å². The molecule has 0 spiro atoms. The minimum absolute atomic E-state index is 0.0249. The molecule has 0 radical (unpaired) electrons. The van der Waals surface area contributed by atoms with Gasteiger partial charge in [-0.3, -0.25) is 14.5 Å². The molecule has 0 unspecified atom stereocenters. The molecule has 0 saturated carbocycles. The van der Waals surface area contributed by atoms with Crippen molar-refractivity contribution in [3.05, 3.63) is 102 Å². The Kier molecular flexibility index (Phi) is 25.0. The zero-order valence-corrected chi connectivity index (χ0v) is 61.4. The van der Waals surface area contributed by atoms with E-state index < -0.39 is 0 Å². The number of likely N-dealkylation sites (N-methyl/N-ethyl adjacent to an activating group) is 1. The zero-order valence-electron chi connectivity index (χ0n) is 53.3. The van der Waals surface area contributed by atoms with Crippen LogP contribution in [-0.4, -0.2) is 42.4 Å². The predicted octanol–water partition coefficient (Wildman–Crippen LogP) is 25.3. The number of thioether (sulfide) groups is 2. The number of thiocarbonyl (C=S) groups is 2. The Bertz CT molecular complexity index is 3990. The Morgan fingerprint density at radius 3 is 1.16 bits per heavy atom. The summed E-state index contributed by atoms with van der Waals surface area (Å²) in [5.41, 5.74) is 8.31. The van der Waals surface area contributed by atoms with Gasteiger partial charge in [-0.15, -0.1) is 68.0 Å². The third kappa shape index (κ3) is 17.4. The molecule has 8 nitrogen and oxygen atoms in total. The van der Waals surface area contributed by atoms with Crippen molar-refractivity contribution in [2.75, 3.05) is 7.05 Å². The SMILES string of the molecule is CCCCCCCCc1cc(/C=C2\SC(=S)NC2=O)sc1-c1ccc(-c2sc(-c3nc4cc5oc(-c6cc(CCCCCCCC)c(-c7ccc(-c8sc(/C=C9\SC(=S)N(C)C9=O)cc8CCCCCCCC)s7)s6)nc5cc4o3)cc2CCCCCCCC)s1. The number of oxazole rings is 2. The Morgan fingerprint density at radius 2 is 0.802 bits per heavy atom. The van der Waals surface area contributed by atoms with Crippen molar-refractivity contribution in [1.29, 1.82) is 0 Å². The summed E-state index contributed by atoms with van der Waals surface area (Å²) < 4.78 is 14.6. The average molecular weight is 1400 g/mol. The first kappa shape index (κ1) is 68.1. The quantitative estimate of drug-likeness (QED) is 0.0232. The fourth-order valence-electron chi connectivity index (χ4n) is 12.0. The summed E-state index contributed by atoms with van der Waals surface area (Å²) in [7, 11) is 1.76. The molecule has 0 atom stereocenters. The van der Waals surface area contributed by atoms with E-state index in [0.717, 1.165) is 81.9 Å². The zero-order chi connectivity index (χ0) is 63.2. The van der Waals surface area contributed by atoms with Gasteiger partial charge in [-0.25, -0.2) is 9.97 Å². The van der Waals surface area contributed by atoms with E-state index in [9.17, 15) is 9.59 Å². The summed E-state index contributed by atoms with van der Waals surface area (Å²) in [4.78, 5) is 53.6. The van der Waals surface area contributed by atoms with E-state index in [1.54, 1.807) is 57.3 Å². The normalized spacial score (nSPS) is 14.7. The highest BCUT2D eigenvalue weighted by molar-refractivity contribution is 8.27. The molecule has 1 N–H and O–H groups in total. The first-order chi connectivity index (χ1) is 44.5. The molecule has 480 valence electrons. The topological polar surface area (TPSA) is 101 Å². The molecule has 2 aliphatic rings. The van der Waals surface area contributed by atoms with Gasteiger partial charge in [-0.1, -0.05) is 204 Å². The van der Waals surface area contributed by atoms with Crippen molar-refractivity contribution < 1.29 is 18.4 Å². The van der Waals surface area contributed by atoms with E-state index in [4.69, 9.17) is 43.2 Å². The second kappa shape index (κ2) is 33.4. The highest BCUT2D eigenvalue weighted by atomic mass is 32.2. The molecular formula is C73H84N4O4S10. The molecule has 11 rings (SSSR count). The molecule has 0 aliphatic carbocycles. The number of aryl methyl sites for hydroxylation is 4. The van der Waals surface area contributed by atoms with Crippen molar-refractivity contribution in [3.8, 4) is 60.6 Å². The molecule has 2 saturated heterocycles. The minimum Gasteiger partial charge on any atom is -0.435 e. The van der Waals surface area contributed by atoms with Crippen LogP contribution in [-0.2, 0) is 35.3 Å². The lowest BCUT2D eigenvalue weighted by Gasteiger charge is -2.04. The molecule has 1 aromatic carbocycles. The van der Waals surface area contributed by atoms with Crippen LogP contribution in [0.5, 0.6) is 0 Å². The number of carbonyl (C=O) groups excluding carboxylic acids is 2. The molecule has 0 bridgehead atoms. The van der Waals surface area contributed by atoms with Crippen molar-refractivity contribution in [2.45, 2.75) is 207 Å². The largest absolute Gasteiger partial charge is 0.435 e. The molecule has 9 aromatic rings. The van der Waals surface area contributed by atoms with Crippen LogP contribution in [0.4, 0.5) is 0 Å². The van der Waals surface area contributed by atoms with Crippen LogP contribution >= 0.6 is 116 Å². The molecular weight excluding hydrogens is 1320 g/mol. The van der Waals surface area contributed by atoms with E-state index >= 15 is 0 Å². The lowest BCUT2D eigenvalue weighted by atomic mass is 10.0. The van der Waals surface area contributed by atoms with Crippen molar-refractivity contribution >= 4 is 171 Å². The maximum absolute atomic E-state index is 13.1. The van der Waals surface area contributed by atoms with Crippen LogP contribution in [0.2, 0.25) is 0 Å². The minimum atomic E-state index is -0.113. The number of nitrogens with zero attached hydrogens (tertiary/aromatic N) is 3. The molecule has 8 aromatic heterocycles. The van der Waals surface area contributed by atoms with Gasteiger partial charge in [0.25, 0.3) is 11.8 Å². The molecule has 18 heteroatoms. The lowest BCUT2D eigenvalue weighted by Crippen LogP contribution is -2.22. The van der Waals surface area contributed by atoms with Crippen molar-refractivity contribution in [1.82, 2.24) is 20.2 Å². The third-order valence-corrected chi connectivity index (χ3v) is 27.2. The van der Waals surface area contributed by atoms with E-state index in [2.05, 4.69) is 81.5 Å². The number of aromatic nitrogens is 2. The van der Waals surface area contributed by atoms with Crippen LogP contribution in [0.1, 0.15) is 214 Å². The number of fused-ring (bicyclic) bond motifs is 2. The highest BCUT2D eigenvalue weighted by Gasteiger charge is 2.30. The number of nitrogens with one attached hydrogen (secondary N) is 1. The van der Waals surface area contributed by atoms with Crippen LogP contribution in [0.15, 0.2) is 79.3 Å². The van der Waals surface area contributed by atoms with E-state index in [1.165, 1.54) is 213 Å². The summed E-state index contributed by atoms with van der Waals surface area (Å²) in [5, 5.41) is 2.79. The van der Waals surface area contributed by atoms with Crippen molar-refractivity contribution in [2.24, 2.45) is 0 Å². The van der Waals surface area contributed by atoms with E-state index in [-0.39, 0.29) is 11.8 Å². The van der Waals surface area contributed by atoms with Crippen LogP contribution in [0.3, 0.4) is 0 Å². The summed E-state index contributed by atoms with van der Waals surface area (Å²) in [6.07, 6.45) is 37.9. The number of benzene rings is 1. The van der Waals surface area contributed by atoms with Gasteiger partial charge in [0.05, 0.1) is 19.6 Å². The third-order valence-electron chi connectivity index (χ3n) is 17.1. The van der Waals surface area contributed by atoms with Crippen LogP contribution in [0, 0.1) is 0 Å². The Balaban J connectivity index is 0.867. The predicted molar refractivity (Wildman–Crippen MR) is 407 cm³/mol. The first-order valence-corrected chi connectivity index (χ1v) is 40.7. The molecule has 2 aliphatic heterocycles. The highest BCUT2D eigenvalue weighted by Crippen LogP contribution is 2.49. The molecule has 2 fully saturated rings. The summed E-state index contributed by atoms with van der Waals surface area (Å²) in [5.74, 6) is 1.10. The Morgan fingerprint density at radius 1 is 0.440 bits per heavy atom. The van der Waals surface area contributed by atoms with E-state index in [0.29, 0.717) is 41.4 Å². The smallest absolute Gasteiger partial charge is 0.265 e. The molecule has 10 heterocycles. The lowest BCUT2D eigenvalue weighted by molar-refractivity contribution is -0.121. The second-order valence-electron chi connectivity index (χ2n) is 24.3. The first-order valence-electron chi connectivity index (χ1n) is 33.4. The van der Waals surface area contributed by atoms with Gasteiger partial charge in [0, 0.05) is 68.0 Å². The van der Waals surface area contributed by atoms with Gasteiger partial charge in [-0.2, -0.15) is 0 Å². The number of amides is 2. The summed E-state index contributed by atoms with van der Waals surface area (Å²) in [6, 6.07) is 22.5. The maximum atomic E-state index is 13.1. The summed E-state index contributed by atoms with van der Waals surface area (Å²) in [6.45, 7) is 9.10. The van der Waals surface area contributed by atoms with Gasteiger partial charge in [0.15, 0.2) is 11.2 Å². The van der Waals surface area contributed by atoms with Crippen LogP contribution in [0.25, 0.3) is 94.9 Å². The van der Waals surface area contributed by atoms with Gasteiger partial charge < -0.3 is 14.2 Å². The number of rotatable bonds is 36. The van der Waals surface area contributed by atoms with Gasteiger partial charge >= 0.3 is 0 Å². The van der Waals surface area contributed by atoms with Gasteiger partial charge in [-0.05, 0) is 134 Å². The molecule has 91 heavy (non-hydrogen) atoms. The average Bonchev–Trinajstić information content (AvgIpc) is 1.66. The summed E-state index contributed by atoms with van der Waals surface area (Å²) >= 11 is 24.5. The number of thiophene rings is 6. The monoisotopic (exact) mass is 1400 g/mol. The fourth-order valence-corrected chi connectivity index (χ4v) is 21.5. The Labute approximate surface area is 581 Å². The maximum Gasteiger partial charge on any atom is 0.265 e. The fraction of sp³-hybridized carbons (Fsp3) is 0.452.